The van der Waals surface area contributed by atoms with E-state index < -0.39 is 28.9 Å². The van der Waals surface area contributed by atoms with E-state index in [1.807, 2.05) is 31.2 Å². The lowest BCUT2D eigenvalue weighted by molar-refractivity contribution is -0.384. The molecule has 4 amide bonds. The lowest BCUT2D eigenvalue weighted by Crippen LogP contribution is -2.47. The monoisotopic (exact) mass is 523 g/mol. The molecular weight excluding hydrogens is 494 g/mol. The fourth-order valence-electron chi connectivity index (χ4n) is 4.88. The molecule has 0 radical (unpaired) electrons. The molecule has 2 aromatic carbocycles. The predicted octanol–water partition coefficient (Wildman–Crippen LogP) is 3.96. The molecule has 12 heteroatoms. The molecule has 4 rings (SSSR count). The molecule has 2 heterocycles. The number of hydrogen-bond acceptors (Lipinski definition) is 6. The smallest absolute Gasteiger partial charge is 0.344 e. The van der Waals surface area contributed by atoms with Crippen LogP contribution in [0.3, 0.4) is 0 Å². The molecule has 1 saturated heterocycles. The zero-order valence-corrected chi connectivity index (χ0v) is 21.1. The van der Waals surface area contributed by atoms with Crippen molar-refractivity contribution in [2.75, 3.05) is 37.7 Å². The first-order valence-electron chi connectivity index (χ1n) is 12.3. The number of aliphatic carboxylic acids is 1. The number of nitrogens with zero attached hydrogens (tertiary/aromatic N) is 5. The molecule has 2 unspecified atom stereocenters. The second-order valence-electron chi connectivity index (χ2n) is 9.04. The number of carbonyl (C=O) groups excluding carboxylic acids is 2. The second-order valence-corrected chi connectivity index (χ2v) is 9.04. The van der Waals surface area contributed by atoms with Crippen molar-refractivity contribution in [1.82, 2.24) is 9.80 Å². The number of rotatable bonds is 10. The lowest BCUT2D eigenvalue weighted by Gasteiger charge is -2.38. The van der Waals surface area contributed by atoms with Gasteiger partial charge in [-0.05, 0) is 50.1 Å². The molecule has 1 fully saturated rings. The topological polar surface area (TPSA) is 146 Å². The summed E-state index contributed by atoms with van der Waals surface area (Å²) in [5, 5.41) is 21.0. The normalized spacial score (nSPS) is 19.5. The average Bonchev–Trinajstić information content (AvgIpc) is 3.25. The third-order valence-corrected chi connectivity index (χ3v) is 6.71. The highest BCUT2D eigenvalue weighted by Crippen LogP contribution is 2.35. The van der Waals surface area contributed by atoms with E-state index in [0.29, 0.717) is 38.2 Å². The first kappa shape index (κ1) is 26.6. The summed E-state index contributed by atoms with van der Waals surface area (Å²) in [6, 6.07) is 11.2. The van der Waals surface area contributed by atoms with Gasteiger partial charge in [-0.3, -0.25) is 19.8 Å². The molecule has 2 aliphatic heterocycles. The Morgan fingerprint density at radius 2 is 1.79 bits per heavy atom. The quantitative estimate of drug-likeness (QED) is 0.366. The van der Waals surface area contributed by atoms with Crippen LogP contribution in [0.5, 0.6) is 5.75 Å². The van der Waals surface area contributed by atoms with Crippen LogP contribution in [0.25, 0.3) is 0 Å². The molecule has 2 atom stereocenters. The highest BCUT2D eigenvalue weighted by atomic mass is 16.6. The molecule has 2 aromatic rings. The van der Waals surface area contributed by atoms with Crippen LogP contribution in [0, 0.1) is 16.0 Å². The largest absolute Gasteiger partial charge is 0.494 e. The van der Waals surface area contributed by atoms with Crippen LogP contribution < -0.4 is 9.64 Å². The number of hydrogen-bond donors (Lipinski definition) is 1. The predicted molar refractivity (Wildman–Crippen MR) is 139 cm³/mol. The van der Waals surface area contributed by atoms with Gasteiger partial charge in [-0.15, -0.1) is 0 Å². The van der Waals surface area contributed by atoms with E-state index in [1.54, 1.807) is 9.80 Å². The van der Waals surface area contributed by atoms with Crippen molar-refractivity contribution in [2.24, 2.45) is 10.9 Å². The summed E-state index contributed by atoms with van der Waals surface area (Å²) in [6.07, 6.45) is 0.402. The SMILES string of the molecule is CCOc1ccc(N2CCN(CCCN3C(=O)N=C(C)C(C(=O)O)C3c3ccc([N+](=O)[O-])cc3)C2=O)cc1. The van der Waals surface area contributed by atoms with Crippen LogP contribution in [-0.4, -0.2) is 76.4 Å². The van der Waals surface area contributed by atoms with Gasteiger partial charge in [-0.2, -0.15) is 0 Å². The van der Waals surface area contributed by atoms with E-state index in [9.17, 15) is 29.6 Å². The van der Waals surface area contributed by atoms with E-state index >= 15 is 0 Å². The Morgan fingerprint density at radius 1 is 1.11 bits per heavy atom. The fourth-order valence-corrected chi connectivity index (χ4v) is 4.88. The summed E-state index contributed by atoms with van der Waals surface area (Å²) >= 11 is 0. The molecular formula is C26H29N5O7. The molecule has 0 aliphatic carbocycles. The molecule has 2 aliphatic rings. The summed E-state index contributed by atoms with van der Waals surface area (Å²) < 4.78 is 5.45. The molecule has 0 spiro atoms. The Kier molecular flexibility index (Phi) is 7.89. The van der Waals surface area contributed by atoms with Crippen LogP contribution in [0.2, 0.25) is 0 Å². The number of aliphatic imine (C=N–C) groups is 1. The average molecular weight is 524 g/mol. The van der Waals surface area contributed by atoms with Gasteiger partial charge < -0.3 is 19.6 Å². The Bertz CT molecular complexity index is 1250. The molecule has 12 nitrogen and oxygen atoms in total. The molecule has 38 heavy (non-hydrogen) atoms. The standard InChI is InChI=1S/C26H29N5O7/c1-3-38-21-11-9-19(10-12-21)29-16-15-28(26(29)35)13-4-14-30-23(18-5-7-20(8-6-18)31(36)37)22(24(32)33)17(2)27-25(30)34/h5-12,22-23H,3-4,13-16H2,1-2H3,(H,32,33). The molecule has 1 N–H and O–H groups in total. The Balaban J connectivity index is 1.45. The summed E-state index contributed by atoms with van der Waals surface area (Å²) in [6.45, 7) is 5.50. The van der Waals surface area contributed by atoms with Crippen molar-refractivity contribution in [2.45, 2.75) is 26.3 Å². The van der Waals surface area contributed by atoms with Gasteiger partial charge in [0.15, 0.2) is 0 Å². The van der Waals surface area contributed by atoms with E-state index in [2.05, 4.69) is 4.99 Å². The molecule has 0 bridgehead atoms. The number of nitro benzene ring substituents is 1. The zero-order valence-electron chi connectivity index (χ0n) is 21.1. The number of amides is 4. The lowest BCUT2D eigenvalue weighted by atomic mass is 9.86. The second kappa shape index (κ2) is 11.3. The van der Waals surface area contributed by atoms with Crippen LogP contribution in [0.15, 0.2) is 53.5 Å². The summed E-state index contributed by atoms with van der Waals surface area (Å²) in [5.41, 5.74) is 1.26. The number of anilines is 1. The Morgan fingerprint density at radius 3 is 2.39 bits per heavy atom. The number of carboxylic acids is 1. The van der Waals surface area contributed by atoms with Crippen molar-refractivity contribution in [1.29, 1.82) is 0 Å². The number of nitro groups is 1. The minimum Gasteiger partial charge on any atom is -0.494 e. The van der Waals surface area contributed by atoms with Crippen molar-refractivity contribution in [3.63, 3.8) is 0 Å². The maximum atomic E-state index is 13.0. The number of non-ortho nitro benzene ring substituents is 1. The fraction of sp³-hybridized carbons (Fsp3) is 0.385. The van der Waals surface area contributed by atoms with Gasteiger partial charge in [0.2, 0.25) is 0 Å². The van der Waals surface area contributed by atoms with E-state index in [0.717, 1.165) is 11.4 Å². The van der Waals surface area contributed by atoms with Crippen LogP contribution in [-0.2, 0) is 4.79 Å². The number of benzene rings is 2. The minimum atomic E-state index is -1.15. The van der Waals surface area contributed by atoms with E-state index in [4.69, 9.17) is 4.74 Å². The molecule has 0 saturated carbocycles. The van der Waals surface area contributed by atoms with Gasteiger partial charge in [-0.25, -0.2) is 14.6 Å². The number of urea groups is 2. The van der Waals surface area contributed by atoms with Crippen molar-refractivity contribution in [3.05, 3.63) is 64.2 Å². The highest BCUT2D eigenvalue weighted by molar-refractivity contribution is 6.07. The van der Waals surface area contributed by atoms with Crippen LogP contribution in [0.4, 0.5) is 21.0 Å². The first-order chi connectivity index (χ1) is 18.2. The van der Waals surface area contributed by atoms with E-state index in [-0.39, 0.29) is 24.0 Å². The number of carboxylic acid groups (broad SMARTS) is 1. The van der Waals surface area contributed by atoms with Crippen LogP contribution >= 0.6 is 0 Å². The number of ether oxygens (including phenoxy) is 1. The van der Waals surface area contributed by atoms with Gasteiger partial charge >= 0.3 is 18.0 Å². The Hall–Kier alpha value is -4.48. The van der Waals surface area contributed by atoms with Crippen LogP contribution in [0.1, 0.15) is 31.9 Å². The van der Waals surface area contributed by atoms with Crippen molar-refractivity contribution < 1.29 is 29.2 Å². The maximum absolute atomic E-state index is 13.0. The zero-order chi connectivity index (χ0) is 27.4. The van der Waals surface area contributed by atoms with Gasteiger partial charge in [0, 0.05) is 49.7 Å². The molecule has 0 aromatic heterocycles. The first-order valence-corrected chi connectivity index (χ1v) is 12.3. The van der Waals surface area contributed by atoms with Crippen molar-refractivity contribution in [3.8, 4) is 5.75 Å². The summed E-state index contributed by atoms with van der Waals surface area (Å²) in [4.78, 5) is 57.2. The molecule has 200 valence electrons. The van der Waals surface area contributed by atoms with Crippen molar-refractivity contribution >= 4 is 35.1 Å². The minimum absolute atomic E-state index is 0.135. The highest BCUT2D eigenvalue weighted by Gasteiger charge is 2.42. The van der Waals surface area contributed by atoms with Gasteiger partial charge in [0.05, 0.1) is 17.6 Å². The maximum Gasteiger partial charge on any atom is 0.344 e. The summed E-state index contributed by atoms with van der Waals surface area (Å²) in [5.74, 6) is -1.52. The van der Waals surface area contributed by atoms with Gasteiger partial charge in [-0.1, -0.05) is 12.1 Å². The Labute approximate surface area is 219 Å². The third-order valence-electron chi connectivity index (χ3n) is 6.71. The van der Waals surface area contributed by atoms with Gasteiger partial charge in [0.25, 0.3) is 5.69 Å². The summed E-state index contributed by atoms with van der Waals surface area (Å²) in [7, 11) is 0. The third kappa shape index (κ3) is 5.43. The van der Waals surface area contributed by atoms with E-state index in [1.165, 1.54) is 36.1 Å². The number of carbonyl (C=O) groups is 3. The van der Waals surface area contributed by atoms with Gasteiger partial charge in [0.1, 0.15) is 11.7 Å².